The second-order valence-electron chi connectivity index (χ2n) is 2.66. The predicted molar refractivity (Wildman–Crippen MR) is 58.3 cm³/mol. The van der Waals surface area contributed by atoms with Crippen molar-refractivity contribution in [1.82, 2.24) is 4.98 Å². The van der Waals surface area contributed by atoms with Gasteiger partial charge in [0.1, 0.15) is 5.15 Å². The number of rotatable bonds is 3. The number of aromatic nitrogens is 1. The van der Waals surface area contributed by atoms with Crippen molar-refractivity contribution in [3.8, 4) is 0 Å². The predicted octanol–water partition coefficient (Wildman–Crippen LogP) is 2.90. The molecule has 0 fully saturated rings. The van der Waals surface area contributed by atoms with Gasteiger partial charge >= 0.3 is 5.97 Å². The minimum Gasteiger partial charge on any atom is -0.481 e. The monoisotopic (exact) mass is 347 g/mol. The molecule has 1 rings (SSSR count). The van der Waals surface area contributed by atoms with E-state index in [1.165, 1.54) is 6.20 Å². The highest BCUT2D eigenvalue weighted by Gasteiger charge is 2.22. The molecule has 1 N–H and O–H groups in total. The first-order valence-corrected chi connectivity index (χ1v) is 5.22. The number of hydrogen-bond acceptors (Lipinski definition) is 2. The van der Waals surface area contributed by atoms with Crippen molar-refractivity contribution in [2.45, 2.75) is 12.8 Å². The molecule has 0 bridgehead atoms. The Morgan fingerprint density at radius 1 is 1.67 bits per heavy atom. The van der Waals surface area contributed by atoms with Crippen molar-refractivity contribution in [1.29, 1.82) is 0 Å². The lowest BCUT2D eigenvalue weighted by Gasteiger charge is -2.10. The molecule has 0 saturated heterocycles. The normalized spacial score (nSPS) is 10.7. The van der Waals surface area contributed by atoms with Crippen LogP contribution in [0.25, 0.3) is 0 Å². The third-order valence-electron chi connectivity index (χ3n) is 1.67. The van der Waals surface area contributed by atoms with Crippen molar-refractivity contribution in [2.24, 2.45) is 0 Å². The van der Waals surface area contributed by atoms with Gasteiger partial charge in [-0.2, -0.15) is 0 Å². The molecule has 0 aliphatic carbocycles. The minimum absolute atomic E-state index is 0.0260. The van der Waals surface area contributed by atoms with Crippen LogP contribution in [0.2, 0.25) is 5.15 Å². The quantitative estimate of drug-likeness (QED) is 0.676. The molecule has 0 aliphatic heterocycles. The van der Waals surface area contributed by atoms with Gasteiger partial charge in [-0.1, -0.05) is 11.6 Å². The van der Waals surface area contributed by atoms with Crippen LogP contribution in [0.5, 0.6) is 0 Å². The molecular formula is C8H5ClF2INO2. The van der Waals surface area contributed by atoms with Gasteiger partial charge in [0.25, 0.3) is 6.43 Å². The van der Waals surface area contributed by atoms with Crippen molar-refractivity contribution >= 4 is 40.2 Å². The summed E-state index contributed by atoms with van der Waals surface area (Å²) in [7, 11) is 0. The fraction of sp³-hybridized carbons (Fsp3) is 0.250. The van der Waals surface area contributed by atoms with E-state index >= 15 is 0 Å². The number of carbonyl (C=O) groups is 1. The zero-order valence-corrected chi connectivity index (χ0v) is 10.1. The first-order chi connectivity index (χ1) is 6.93. The van der Waals surface area contributed by atoms with E-state index in [-0.39, 0.29) is 10.7 Å². The van der Waals surface area contributed by atoms with Gasteiger partial charge in [0, 0.05) is 9.77 Å². The topological polar surface area (TPSA) is 50.2 Å². The standard InChI is InChI=1S/C8H5ClF2INO2/c9-7-6(8(10)11)3(1-5(14)15)4(12)2-13-7/h2,8H,1H2,(H,14,15). The Morgan fingerprint density at radius 3 is 2.73 bits per heavy atom. The molecule has 0 spiro atoms. The molecule has 0 radical (unpaired) electrons. The number of nitrogens with zero attached hydrogens (tertiary/aromatic N) is 1. The fourth-order valence-corrected chi connectivity index (χ4v) is 1.93. The average Bonchev–Trinajstić information content (AvgIpc) is 2.10. The van der Waals surface area contributed by atoms with E-state index in [1.807, 2.05) is 0 Å². The summed E-state index contributed by atoms with van der Waals surface area (Å²) in [5.74, 6) is -1.18. The molecule has 0 aromatic carbocycles. The molecule has 1 heterocycles. The molecule has 0 amide bonds. The summed E-state index contributed by atoms with van der Waals surface area (Å²) in [5, 5.41) is 8.23. The highest BCUT2D eigenvalue weighted by Crippen LogP contribution is 2.31. The van der Waals surface area contributed by atoms with E-state index in [4.69, 9.17) is 16.7 Å². The number of carboxylic acid groups (broad SMARTS) is 1. The molecule has 0 unspecified atom stereocenters. The lowest BCUT2D eigenvalue weighted by Crippen LogP contribution is -2.08. The third kappa shape index (κ3) is 2.97. The Morgan fingerprint density at radius 2 is 2.27 bits per heavy atom. The third-order valence-corrected chi connectivity index (χ3v) is 2.90. The van der Waals surface area contributed by atoms with Gasteiger partial charge in [-0.05, 0) is 28.2 Å². The van der Waals surface area contributed by atoms with Crippen molar-refractivity contribution in [3.63, 3.8) is 0 Å². The van der Waals surface area contributed by atoms with Gasteiger partial charge in [-0.3, -0.25) is 4.79 Å². The van der Waals surface area contributed by atoms with E-state index in [9.17, 15) is 13.6 Å². The van der Waals surface area contributed by atoms with E-state index in [0.29, 0.717) is 3.57 Å². The molecule has 15 heavy (non-hydrogen) atoms. The maximum Gasteiger partial charge on any atom is 0.307 e. The Hall–Kier alpha value is -0.500. The highest BCUT2D eigenvalue weighted by molar-refractivity contribution is 14.1. The van der Waals surface area contributed by atoms with Crippen LogP contribution in [-0.4, -0.2) is 16.1 Å². The first kappa shape index (κ1) is 12.6. The highest BCUT2D eigenvalue weighted by atomic mass is 127. The Balaban J connectivity index is 3.31. The second-order valence-corrected chi connectivity index (χ2v) is 4.18. The summed E-state index contributed by atoms with van der Waals surface area (Å²) in [6, 6.07) is 0. The van der Waals surface area contributed by atoms with Gasteiger partial charge in [0.05, 0.1) is 12.0 Å². The van der Waals surface area contributed by atoms with Crippen LogP contribution in [0.1, 0.15) is 17.6 Å². The molecule has 3 nitrogen and oxygen atoms in total. The Kier molecular flexibility index (Phi) is 4.21. The largest absolute Gasteiger partial charge is 0.481 e. The Bertz CT molecular complexity index is 400. The average molecular weight is 347 g/mol. The summed E-state index contributed by atoms with van der Waals surface area (Å²) in [6.45, 7) is 0. The summed E-state index contributed by atoms with van der Waals surface area (Å²) >= 11 is 7.24. The SMILES string of the molecule is O=C(O)Cc1c(I)cnc(Cl)c1C(F)F. The molecule has 0 saturated carbocycles. The maximum atomic E-state index is 12.6. The van der Waals surface area contributed by atoms with Crippen molar-refractivity contribution in [3.05, 3.63) is 26.0 Å². The fourth-order valence-electron chi connectivity index (χ4n) is 1.07. The second kappa shape index (κ2) is 5.02. The van der Waals surface area contributed by atoms with Crippen LogP contribution in [0.15, 0.2) is 6.20 Å². The zero-order chi connectivity index (χ0) is 11.6. The molecular weight excluding hydrogens is 342 g/mol. The van der Waals surface area contributed by atoms with Crippen molar-refractivity contribution < 1.29 is 18.7 Å². The van der Waals surface area contributed by atoms with Gasteiger partial charge in [-0.15, -0.1) is 0 Å². The number of aliphatic carboxylic acids is 1. The lowest BCUT2D eigenvalue weighted by atomic mass is 10.1. The summed E-state index contributed by atoms with van der Waals surface area (Å²) in [6.07, 6.45) is -2.04. The van der Waals surface area contributed by atoms with Crippen LogP contribution < -0.4 is 0 Å². The first-order valence-electron chi connectivity index (χ1n) is 3.76. The minimum atomic E-state index is -2.82. The lowest BCUT2D eigenvalue weighted by molar-refractivity contribution is -0.136. The summed E-state index contributed by atoms with van der Waals surface area (Å²) in [5.41, 5.74) is -0.468. The van der Waals surface area contributed by atoms with Crippen LogP contribution in [0.3, 0.4) is 0 Å². The summed E-state index contributed by atoms with van der Waals surface area (Å²) < 4.78 is 25.6. The number of carboxylic acids is 1. The zero-order valence-electron chi connectivity index (χ0n) is 7.18. The molecule has 0 aliphatic rings. The van der Waals surface area contributed by atoms with Gasteiger partial charge in [0.15, 0.2) is 0 Å². The number of alkyl halides is 2. The van der Waals surface area contributed by atoms with Gasteiger partial charge in [-0.25, -0.2) is 13.8 Å². The van der Waals surface area contributed by atoms with Crippen LogP contribution in [0, 0.1) is 3.57 Å². The van der Waals surface area contributed by atoms with E-state index in [2.05, 4.69) is 4.98 Å². The van der Waals surface area contributed by atoms with Gasteiger partial charge < -0.3 is 5.11 Å². The molecule has 82 valence electrons. The number of pyridine rings is 1. The van der Waals surface area contributed by atoms with Crippen molar-refractivity contribution in [2.75, 3.05) is 0 Å². The molecule has 0 atom stereocenters. The molecule has 1 aromatic rings. The molecule has 7 heteroatoms. The summed E-state index contributed by atoms with van der Waals surface area (Å²) in [4.78, 5) is 14.0. The van der Waals surface area contributed by atoms with Crippen LogP contribution in [0.4, 0.5) is 8.78 Å². The number of halogens is 4. The van der Waals surface area contributed by atoms with Crippen LogP contribution in [-0.2, 0) is 11.2 Å². The smallest absolute Gasteiger partial charge is 0.307 e. The van der Waals surface area contributed by atoms with Crippen LogP contribution >= 0.6 is 34.2 Å². The van der Waals surface area contributed by atoms with Gasteiger partial charge in [0.2, 0.25) is 0 Å². The number of hydrogen-bond donors (Lipinski definition) is 1. The van der Waals surface area contributed by atoms with E-state index < -0.39 is 24.4 Å². The van der Waals surface area contributed by atoms with E-state index in [1.54, 1.807) is 22.6 Å². The van der Waals surface area contributed by atoms with E-state index in [0.717, 1.165) is 0 Å². The molecule has 1 aromatic heterocycles. The Labute approximate surface area is 103 Å². The maximum absolute atomic E-state index is 12.6.